The van der Waals surface area contributed by atoms with Crippen molar-refractivity contribution in [2.75, 3.05) is 23.1 Å². The quantitative estimate of drug-likeness (QED) is 0.289. The molecule has 3 N–H and O–H groups in total. The van der Waals surface area contributed by atoms with Crippen molar-refractivity contribution in [3.63, 3.8) is 0 Å². The fourth-order valence-corrected chi connectivity index (χ4v) is 2.76. The number of nitrogens with two attached hydrogens (primary N) is 1. The number of carbonyl (C=O) groups is 2. The number of amides is 2. The lowest BCUT2D eigenvalue weighted by atomic mass is 10.2. The zero-order valence-electron chi connectivity index (χ0n) is 15.9. The van der Waals surface area contributed by atoms with Crippen molar-refractivity contribution in [3.8, 4) is 5.75 Å². The van der Waals surface area contributed by atoms with Crippen LogP contribution in [0, 0.1) is 10.1 Å². The Bertz CT molecular complexity index is 1080. The largest absolute Gasteiger partial charge is 0.494 e. The minimum atomic E-state index is -0.942. The van der Waals surface area contributed by atoms with E-state index in [0.29, 0.717) is 17.1 Å². The van der Waals surface area contributed by atoms with Crippen molar-refractivity contribution in [2.45, 2.75) is 0 Å². The Morgan fingerprint density at radius 3 is 2.23 bits per heavy atom. The molecule has 3 aromatic rings. The van der Waals surface area contributed by atoms with Gasteiger partial charge in [0.15, 0.2) is 0 Å². The summed E-state index contributed by atoms with van der Waals surface area (Å²) in [5.74, 6) is -1.74. The second kappa shape index (κ2) is 8.74. The summed E-state index contributed by atoms with van der Waals surface area (Å²) < 4.78 is 5.10. The first-order valence-corrected chi connectivity index (χ1v) is 8.79. The molecule has 0 atom stereocenters. The van der Waals surface area contributed by atoms with Gasteiger partial charge in [-0.05, 0) is 42.5 Å². The first kappa shape index (κ1) is 20.3. The van der Waals surface area contributed by atoms with Crippen molar-refractivity contribution >= 4 is 40.3 Å². The molecule has 0 spiro atoms. The maximum Gasteiger partial charge on any atom is 0.321 e. The van der Waals surface area contributed by atoms with E-state index in [4.69, 9.17) is 10.5 Å². The van der Waals surface area contributed by atoms with Crippen LogP contribution in [0.25, 0.3) is 0 Å². The molecule has 3 aromatic carbocycles. The van der Waals surface area contributed by atoms with Crippen LogP contribution in [0.2, 0.25) is 0 Å². The van der Waals surface area contributed by atoms with Crippen LogP contribution in [0.3, 0.4) is 0 Å². The number of nitro groups is 1. The van der Waals surface area contributed by atoms with E-state index in [1.807, 2.05) is 0 Å². The lowest BCUT2D eigenvalue weighted by molar-refractivity contribution is -0.384. The predicted molar refractivity (Wildman–Crippen MR) is 113 cm³/mol. The van der Waals surface area contributed by atoms with Crippen LogP contribution in [0.1, 0.15) is 0 Å². The molecule has 152 valence electrons. The van der Waals surface area contributed by atoms with Gasteiger partial charge < -0.3 is 15.8 Å². The minimum Gasteiger partial charge on any atom is -0.494 e. The molecule has 2 amide bonds. The summed E-state index contributed by atoms with van der Waals surface area (Å²) in [4.78, 5) is 37.4. The Morgan fingerprint density at radius 2 is 1.63 bits per heavy atom. The number of nitro benzene ring substituents is 1. The summed E-state index contributed by atoms with van der Waals surface area (Å²) >= 11 is 0. The molecule has 0 aliphatic rings. The number of hydrogen-bond acceptors (Lipinski definition) is 6. The van der Waals surface area contributed by atoms with Crippen LogP contribution in [0.15, 0.2) is 72.8 Å². The molecule has 30 heavy (non-hydrogen) atoms. The van der Waals surface area contributed by atoms with E-state index in [-0.39, 0.29) is 17.1 Å². The molecule has 0 fully saturated rings. The van der Waals surface area contributed by atoms with E-state index in [1.165, 1.54) is 24.1 Å². The summed E-state index contributed by atoms with van der Waals surface area (Å²) in [6, 6.07) is 18.8. The summed E-state index contributed by atoms with van der Waals surface area (Å²) in [6.07, 6.45) is 0. The topological polar surface area (TPSA) is 128 Å². The molecule has 3 rings (SSSR count). The maximum absolute atomic E-state index is 13.0. The number of hydrogen-bond donors (Lipinski definition) is 2. The molecule has 0 heterocycles. The number of nitrogens with one attached hydrogen (secondary N) is 1. The molecule has 0 aromatic heterocycles. The molecular formula is C21H18N4O5. The SMILES string of the molecule is COc1cc([N+](=O)[O-])ccc1NC(=O)C(=O)N(c1ccccc1)c1ccc(N)cc1. The van der Waals surface area contributed by atoms with Gasteiger partial charge in [-0.3, -0.25) is 24.6 Å². The van der Waals surface area contributed by atoms with Gasteiger partial charge in [0.2, 0.25) is 0 Å². The van der Waals surface area contributed by atoms with Crippen LogP contribution >= 0.6 is 0 Å². The van der Waals surface area contributed by atoms with Gasteiger partial charge in [0.1, 0.15) is 5.75 Å². The highest BCUT2D eigenvalue weighted by Gasteiger charge is 2.26. The number of anilines is 4. The standard InChI is InChI=1S/C21H18N4O5/c1-30-19-13-17(25(28)29)11-12-18(19)23-20(26)21(27)24(15-5-3-2-4-6-15)16-9-7-14(22)8-10-16/h2-13H,22H2,1H3,(H,23,26). The molecule has 9 nitrogen and oxygen atoms in total. The summed E-state index contributed by atoms with van der Waals surface area (Å²) in [6.45, 7) is 0. The third-order valence-electron chi connectivity index (χ3n) is 4.21. The number of methoxy groups -OCH3 is 1. The Hall–Kier alpha value is -4.40. The summed E-state index contributed by atoms with van der Waals surface area (Å²) in [5, 5.41) is 13.4. The van der Waals surface area contributed by atoms with Gasteiger partial charge in [0.25, 0.3) is 5.69 Å². The van der Waals surface area contributed by atoms with Crippen LogP contribution < -0.4 is 20.7 Å². The van der Waals surface area contributed by atoms with E-state index in [2.05, 4.69) is 5.32 Å². The number of ether oxygens (including phenoxy) is 1. The third-order valence-corrected chi connectivity index (χ3v) is 4.21. The van der Waals surface area contributed by atoms with Gasteiger partial charge in [-0.15, -0.1) is 0 Å². The first-order valence-electron chi connectivity index (χ1n) is 8.79. The number of rotatable bonds is 5. The molecule has 0 saturated heterocycles. The van der Waals surface area contributed by atoms with Crippen molar-refractivity contribution in [3.05, 3.63) is 82.9 Å². The Labute approximate surface area is 171 Å². The second-order valence-corrected chi connectivity index (χ2v) is 6.16. The molecule has 0 bridgehead atoms. The third kappa shape index (κ3) is 4.36. The normalized spacial score (nSPS) is 10.2. The van der Waals surface area contributed by atoms with Crippen LogP contribution in [0.5, 0.6) is 5.75 Å². The second-order valence-electron chi connectivity index (χ2n) is 6.16. The number of non-ortho nitro benzene ring substituents is 1. The van der Waals surface area contributed by atoms with Crippen molar-refractivity contribution in [2.24, 2.45) is 0 Å². The first-order chi connectivity index (χ1) is 14.4. The van der Waals surface area contributed by atoms with Gasteiger partial charge in [0.05, 0.1) is 23.8 Å². The van der Waals surface area contributed by atoms with E-state index in [9.17, 15) is 19.7 Å². The highest BCUT2D eigenvalue weighted by molar-refractivity contribution is 6.45. The van der Waals surface area contributed by atoms with Gasteiger partial charge in [-0.25, -0.2) is 0 Å². The minimum absolute atomic E-state index is 0.0593. The van der Waals surface area contributed by atoms with E-state index < -0.39 is 16.7 Å². The molecule has 0 unspecified atom stereocenters. The number of nitrogen functional groups attached to an aromatic ring is 1. The highest BCUT2D eigenvalue weighted by atomic mass is 16.6. The van der Waals surface area contributed by atoms with Gasteiger partial charge >= 0.3 is 11.8 Å². The fraction of sp³-hybridized carbons (Fsp3) is 0.0476. The summed E-state index contributed by atoms with van der Waals surface area (Å²) in [7, 11) is 1.31. The van der Waals surface area contributed by atoms with Crippen molar-refractivity contribution in [1.82, 2.24) is 0 Å². The number of carbonyl (C=O) groups excluding carboxylic acids is 2. The molecule has 9 heteroatoms. The van der Waals surface area contributed by atoms with Crippen LogP contribution in [0.4, 0.5) is 28.4 Å². The van der Waals surface area contributed by atoms with Crippen molar-refractivity contribution < 1.29 is 19.2 Å². The maximum atomic E-state index is 13.0. The Morgan fingerprint density at radius 1 is 1.00 bits per heavy atom. The van der Waals surface area contributed by atoms with E-state index in [1.54, 1.807) is 54.6 Å². The Kier molecular flexibility index (Phi) is 5.92. The number of nitrogens with zero attached hydrogens (tertiary/aromatic N) is 2. The zero-order valence-corrected chi connectivity index (χ0v) is 15.9. The molecule has 0 saturated carbocycles. The smallest absolute Gasteiger partial charge is 0.321 e. The monoisotopic (exact) mass is 406 g/mol. The van der Waals surface area contributed by atoms with Crippen LogP contribution in [-0.2, 0) is 9.59 Å². The summed E-state index contributed by atoms with van der Waals surface area (Å²) in [5.41, 5.74) is 7.10. The van der Waals surface area contributed by atoms with Gasteiger partial charge in [-0.2, -0.15) is 0 Å². The number of para-hydroxylation sites is 1. The zero-order chi connectivity index (χ0) is 21.7. The average molecular weight is 406 g/mol. The van der Waals surface area contributed by atoms with E-state index >= 15 is 0 Å². The lowest BCUT2D eigenvalue weighted by Crippen LogP contribution is -2.36. The molecule has 0 radical (unpaired) electrons. The average Bonchev–Trinajstić information content (AvgIpc) is 2.76. The highest BCUT2D eigenvalue weighted by Crippen LogP contribution is 2.30. The van der Waals surface area contributed by atoms with E-state index in [0.717, 1.165) is 6.07 Å². The lowest BCUT2D eigenvalue weighted by Gasteiger charge is -2.22. The van der Waals surface area contributed by atoms with Gasteiger partial charge in [0, 0.05) is 23.1 Å². The Balaban J connectivity index is 1.92. The van der Waals surface area contributed by atoms with Crippen LogP contribution in [-0.4, -0.2) is 23.8 Å². The fourth-order valence-electron chi connectivity index (χ4n) is 2.76. The predicted octanol–water partition coefficient (Wildman–Crippen LogP) is 3.49. The molecule has 0 aliphatic heterocycles. The van der Waals surface area contributed by atoms with Gasteiger partial charge in [-0.1, -0.05) is 18.2 Å². The molecular weight excluding hydrogens is 388 g/mol. The van der Waals surface area contributed by atoms with Crippen molar-refractivity contribution in [1.29, 1.82) is 0 Å². The molecule has 0 aliphatic carbocycles. The number of benzene rings is 3.